The van der Waals surface area contributed by atoms with Gasteiger partial charge in [0.05, 0.1) is 24.1 Å². The Kier molecular flexibility index (Phi) is 5.11. The van der Waals surface area contributed by atoms with E-state index in [1.807, 2.05) is 42.1 Å². The number of hydrogen-bond donors (Lipinski definition) is 1. The van der Waals surface area contributed by atoms with Gasteiger partial charge in [-0.05, 0) is 43.7 Å². The highest BCUT2D eigenvalue weighted by molar-refractivity contribution is 5.62. The number of nitrogens with one attached hydrogen (secondary N) is 1. The molecule has 0 bridgehead atoms. The van der Waals surface area contributed by atoms with Crippen molar-refractivity contribution in [2.45, 2.75) is 20.4 Å². The van der Waals surface area contributed by atoms with Crippen LogP contribution in [0.1, 0.15) is 11.3 Å². The highest BCUT2D eigenvalue weighted by Gasteiger charge is 2.09. The van der Waals surface area contributed by atoms with E-state index in [-0.39, 0.29) is 0 Å². The van der Waals surface area contributed by atoms with Crippen LogP contribution in [-0.2, 0) is 6.54 Å². The molecular formula is C22H21N7. The monoisotopic (exact) mass is 383 g/mol. The molecule has 0 unspecified atom stereocenters. The fourth-order valence-corrected chi connectivity index (χ4v) is 3.06. The number of hydrogen-bond acceptors (Lipinski definition) is 6. The first-order chi connectivity index (χ1) is 14.1. The number of aromatic nitrogens is 6. The molecule has 7 nitrogen and oxygen atoms in total. The fourth-order valence-electron chi connectivity index (χ4n) is 3.06. The van der Waals surface area contributed by atoms with E-state index in [9.17, 15) is 0 Å². The van der Waals surface area contributed by atoms with Crippen LogP contribution in [0.25, 0.3) is 22.5 Å². The minimum absolute atomic E-state index is 0.540. The smallest absolute Gasteiger partial charge is 0.130 e. The summed E-state index contributed by atoms with van der Waals surface area (Å²) in [4.78, 5) is 17.1. The van der Waals surface area contributed by atoms with Crippen molar-refractivity contribution >= 4 is 5.82 Å². The summed E-state index contributed by atoms with van der Waals surface area (Å²) >= 11 is 0. The third-order valence-electron chi connectivity index (χ3n) is 4.39. The van der Waals surface area contributed by atoms with Crippen LogP contribution < -0.4 is 5.32 Å². The van der Waals surface area contributed by atoms with Crippen molar-refractivity contribution in [2.75, 3.05) is 5.32 Å². The third-order valence-corrected chi connectivity index (χ3v) is 4.39. The average molecular weight is 383 g/mol. The van der Waals surface area contributed by atoms with Gasteiger partial charge < -0.3 is 5.32 Å². The molecule has 0 aliphatic carbocycles. The zero-order valence-corrected chi connectivity index (χ0v) is 16.4. The van der Waals surface area contributed by atoms with Gasteiger partial charge in [-0.25, -0.2) is 4.98 Å². The molecule has 0 atom stereocenters. The molecule has 0 radical (unpaired) electrons. The molecule has 4 aromatic rings. The van der Waals surface area contributed by atoms with Gasteiger partial charge in [0.2, 0.25) is 0 Å². The fraction of sp³-hybridized carbons (Fsp3) is 0.136. The molecule has 1 N–H and O–H groups in total. The van der Waals surface area contributed by atoms with E-state index < -0.39 is 0 Å². The second kappa shape index (κ2) is 8.02. The van der Waals surface area contributed by atoms with Gasteiger partial charge in [0, 0.05) is 53.5 Å². The zero-order chi connectivity index (χ0) is 20.2. The Balaban J connectivity index is 1.43. The molecule has 0 aliphatic heterocycles. The highest BCUT2D eigenvalue weighted by atomic mass is 15.3. The summed E-state index contributed by atoms with van der Waals surface area (Å²) in [6, 6.07) is 7.86. The number of pyridine rings is 2. The molecular weight excluding hydrogens is 362 g/mol. The van der Waals surface area contributed by atoms with Crippen molar-refractivity contribution in [1.29, 1.82) is 0 Å². The Morgan fingerprint density at radius 2 is 1.90 bits per heavy atom. The number of rotatable bonds is 6. The topological polar surface area (TPSA) is 81.4 Å². The van der Waals surface area contributed by atoms with Crippen LogP contribution in [0.5, 0.6) is 0 Å². The molecule has 144 valence electrons. The molecule has 29 heavy (non-hydrogen) atoms. The van der Waals surface area contributed by atoms with Gasteiger partial charge in [0.25, 0.3) is 0 Å². The van der Waals surface area contributed by atoms with Gasteiger partial charge in [-0.2, -0.15) is 5.10 Å². The van der Waals surface area contributed by atoms with E-state index in [0.717, 1.165) is 45.3 Å². The number of aryl methyl sites for hydroxylation is 2. The second-order valence-electron chi connectivity index (χ2n) is 6.80. The first-order valence-electron chi connectivity index (χ1n) is 9.23. The Bertz CT molecular complexity index is 1130. The lowest BCUT2D eigenvalue weighted by atomic mass is 10.1. The standard InChI is InChI=1S/C22H21N7/c1-15-13-29(28-22(15)18-6-7-24-16(2)10-18)14-17(3)27-21-5-4-19(11-26-21)20-12-23-8-9-25-20/h4-13H,3,14H2,1-2H3,(H,26,27). The van der Waals surface area contributed by atoms with Crippen molar-refractivity contribution in [3.8, 4) is 22.5 Å². The van der Waals surface area contributed by atoms with Gasteiger partial charge in [0.15, 0.2) is 0 Å². The van der Waals surface area contributed by atoms with Crippen molar-refractivity contribution in [1.82, 2.24) is 29.7 Å². The Morgan fingerprint density at radius 3 is 2.62 bits per heavy atom. The molecule has 4 heterocycles. The van der Waals surface area contributed by atoms with Crippen LogP contribution in [-0.4, -0.2) is 29.7 Å². The molecule has 0 saturated carbocycles. The summed E-state index contributed by atoms with van der Waals surface area (Å²) in [5.74, 6) is 0.719. The third kappa shape index (κ3) is 4.35. The van der Waals surface area contributed by atoms with Crippen molar-refractivity contribution in [3.63, 3.8) is 0 Å². The van der Waals surface area contributed by atoms with Crippen molar-refractivity contribution < 1.29 is 0 Å². The van der Waals surface area contributed by atoms with Crippen LogP contribution in [0.3, 0.4) is 0 Å². The summed E-state index contributed by atoms with van der Waals surface area (Å²) in [5.41, 5.74) is 6.59. The van der Waals surface area contributed by atoms with Crippen LogP contribution in [0.2, 0.25) is 0 Å². The number of nitrogens with zero attached hydrogens (tertiary/aromatic N) is 6. The predicted molar refractivity (Wildman–Crippen MR) is 113 cm³/mol. The second-order valence-corrected chi connectivity index (χ2v) is 6.80. The molecule has 0 spiro atoms. The minimum Gasteiger partial charge on any atom is -0.343 e. The summed E-state index contributed by atoms with van der Waals surface area (Å²) in [7, 11) is 0. The van der Waals surface area contributed by atoms with E-state index in [4.69, 9.17) is 5.10 Å². The summed E-state index contributed by atoms with van der Waals surface area (Å²) < 4.78 is 1.88. The molecule has 4 aromatic heterocycles. The summed E-state index contributed by atoms with van der Waals surface area (Å²) in [6.45, 7) is 8.68. The zero-order valence-electron chi connectivity index (χ0n) is 16.4. The maximum Gasteiger partial charge on any atom is 0.130 e. The summed E-state index contributed by atoms with van der Waals surface area (Å²) in [6.07, 6.45) is 10.6. The Labute approximate surface area is 169 Å². The van der Waals surface area contributed by atoms with Crippen molar-refractivity contribution in [2.24, 2.45) is 0 Å². The lowest BCUT2D eigenvalue weighted by Crippen LogP contribution is -2.09. The normalized spacial score (nSPS) is 10.7. The molecule has 4 rings (SSSR count). The van der Waals surface area contributed by atoms with E-state index in [1.165, 1.54) is 0 Å². The molecule has 0 saturated heterocycles. The molecule has 7 heteroatoms. The van der Waals surface area contributed by atoms with E-state index in [0.29, 0.717) is 6.54 Å². The molecule has 0 aromatic carbocycles. The van der Waals surface area contributed by atoms with E-state index >= 15 is 0 Å². The maximum atomic E-state index is 4.71. The van der Waals surface area contributed by atoms with Gasteiger partial charge in [0.1, 0.15) is 5.82 Å². The van der Waals surface area contributed by atoms with Crippen LogP contribution >= 0.6 is 0 Å². The van der Waals surface area contributed by atoms with E-state index in [1.54, 1.807) is 31.0 Å². The maximum absolute atomic E-state index is 4.71. The van der Waals surface area contributed by atoms with Crippen LogP contribution in [0, 0.1) is 13.8 Å². The predicted octanol–water partition coefficient (Wildman–Crippen LogP) is 4.04. The number of anilines is 1. The lowest BCUT2D eigenvalue weighted by Gasteiger charge is -2.09. The SMILES string of the molecule is C=C(Cn1cc(C)c(-c2ccnc(C)c2)n1)Nc1ccc(-c2cnccn2)cn1. The van der Waals surface area contributed by atoms with Gasteiger partial charge in [-0.15, -0.1) is 0 Å². The molecule has 0 fully saturated rings. The van der Waals surface area contributed by atoms with Gasteiger partial charge in [-0.3, -0.25) is 19.6 Å². The largest absolute Gasteiger partial charge is 0.343 e. The Hall–Kier alpha value is -3.87. The molecule has 0 aliphatic rings. The average Bonchev–Trinajstić information content (AvgIpc) is 3.09. The number of allylic oxidation sites excluding steroid dienone is 1. The van der Waals surface area contributed by atoms with Gasteiger partial charge >= 0.3 is 0 Å². The summed E-state index contributed by atoms with van der Waals surface area (Å²) in [5, 5.41) is 7.94. The van der Waals surface area contributed by atoms with Crippen LogP contribution in [0.4, 0.5) is 5.82 Å². The minimum atomic E-state index is 0.540. The first-order valence-corrected chi connectivity index (χ1v) is 9.23. The highest BCUT2D eigenvalue weighted by Crippen LogP contribution is 2.22. The van der Waals surface area contributed by atoms with Gasteiger partial charge in [-0.1, -0.05) is 6.58 Å². The van der Waals surface area contributed by atoms with Crippen LogP contribution in [0.15, 0.2) is 73.7 Å². The quantitative estimate of drug-likeness (QED) is 0.541. The van der Waals surface area contributed by atoms with Crippen molar-refractivity contribution in [3.05, 3.63) is 85.0 Å². The lowest BCUT2D eigenvalue weighted by molar-refractivity contribution is 0.682. The Morgan fingerprint density at radius 1 is 1.00 bits per heavy atom. The first kappa shape index (κ1) is 18.5. The van der Waals surface area contributed by atoms with E-state index in [2.05, 4.69) is 38.8 Å². The molecule has 0 amide bonds.